The summed E-state index contributed by atoms with van der Waals surface area (Å²) in [6.07, 6.45) is -5.78. The number of esters is 1. The molecule has 17 nitrogen and oxygen atoms in total. The first-order valence-electron chi connectivity index (χ1n) is 30.4. The van der Waals surface area contributed by atoms with Gasteiger partial charge in [0, 0.05) is 38.9 Å². The van der Waals surface area contributed by atoms with E-state index in [-0.39, 0.29) is 51.5 Å². The molecule has 0 bridgehead atoms. The van der Waals surface area contributed by atoms with Gasteiger partial charge < -0.3 is 68.2 Å². The molecule has 0 spiro atoms. The SMILES string of the molecule is CNC(=O)CCBr.CNC(=O)CCCOC[C@@H]1O[C@H](COCc2ccccc2)[C@@H](OCc2ccccc2)[C@H](O)[C@H]1OCc1ccccc1.O=C(O[C@@H]1[C@@H](OCc2ccccc2)[C@H](CO)O[C@H](COCc2ccccc2)[C@H]1OCc1ccccc1)c1ccccc1. The van der Waals surface area contributed by atoms with Gasteiger partial charge in [0.2, 0.25) is 11.8 Å². The Hall–Kier alpha value is -7.01. The van der Waals surface area contributed by atoms with E-state index < -0.39 is 67.0 Å². The van der Waals surface area contributed by atoms with Gasteiger partial charge in [0.25, 0.3) is 0 Å². The second kappa shape index (κ2) is 40.7. The van der Waals surface area contributed by atoms with Gasteiger partial charge >= 0.3 is 5.97 Å². The fraction of sp³-hybridized carbons (Fsp3) is 0.375. The van der Waals surface area contributed by atoms with Gasteiger partial charge in [-0.15, -0.1) is 0 Å². The van der Waals surface area contributed by atoms with E-state index in [0.717, 1.165) is 38.7 Å². The zero-order valence-electron chi connectivity index (χ0n) is 51.2. The topological polar surface area (TPSA) is 208 Å². The molecule has 0 radical (unpaired) electrons. The van der Waals surface area contributed by atoms with Gasteiger partial charge in [-0.1, -0.05) is 216 Å². The molecule has 0 unspecified atom stereocenters. The molecule has 7 aromatic carbocycles. The number of rotatable bonds is 31. The lowest BCUT2D eigenvalue weighted by atomic mass is 9.94. The molecule has 4 N–H and O–H groups in total. The molecule has 0 aliphatic carbocycles. The fourth-order valence-electron chi connectivity index (χ4n) is 9.93. The van der Waals surface area contributed by atoms with Gasteiger partial charge in [-0.2, -0.15) is 0 Å². The van der Waals surface area contributed by atoms with Gasteiger partial charge in [0.15, 0.2) is 6.10 Å². The van der Waals surface area contributed by atoms with Crippen LogP contribution in [0.1, 0.15) is 63.0 Å². The Labute approximate surface area is 537 Å². The van der Waals surface area contributed by atoms with Crippen LogP contribution >= 0.6 is 15.9 Å². The van der Waals surface area contributed by atoms with Crippen molar-refractivity contribution in [3.05, 3.63) is 251 Å². The molecule has 2 aliphatic rings. The number of alkyl halides is 1. The Morgan fingerprint density at radius 3 is 1.11 bits per heavy atom. The summed E-state index contributed by atoms with van der Waals surface area (Å²) in [5.74, 6) is -0.460. The highest BCUT2D eigenvalue weighted by atomic mass is 79.9. The molecule has 0 saturated carbocycles. The summed E-state index contributed by atoms with van der Waals surface area (Å²) in [4.78, 5) is 35.2. The number of ether oxygens (including phenoxy) is 10. The van der Waals surface area contributed by atoms with E-state index in [1.807, 2.05) is 188 Å². The van der Waals surface area contributed by atoms with E-state index in [0.29, 0.717) is 57.9 Å². The van der Waals surface area contributed by atoms with E-state index >= 15 is 0 Å². The predicted octanol–water partition coefficient (Wildman–Crippen LogP) is 9.92. The largest absolute Gasteiger partial charge is 0.453 e. The Morgan fingerprint density at radius 2 is 0.744 bits per heavy atom. The molecule has 18 heteroatoms. The van der Waals surface area contributed by atoms with Gasteiger partial charge in [0.05, 0.1) is 71.6 Å². The van der Waals surface area contributed by atoms with Gasteiger partial charge in [-0.05, 0) is 51.9 Å². The van der Waals surface area contributed by atoms with Crippen LogP contribution < -0.4 is 10.6 Å². The number of hydrogen-bond donors (Lipinski definition) is 4. The number of carbonyl (C=O) groups excluding carboxylic acids is 3. The van der Waals surface area contributed by atoms with E-state index in [1.54, 1.807) is 38.4 Å². The van der Waals surface area contributed by atoms with Crippen LogP contribution in [0.2, 0.25) is 0 Å². The van der Waals surface area contributed by atoms with E-state index in [9.17, 15) is 24.6 Å². The van der Waals surface area contributed by atoms with Gasteiger partial charge in [-0.25, -0.2) is 4.79 Å². The zero-order chi connectivity index (χ0) is 63.4. The average molecular weight is 1300 g/mol. The normalized spacial score (nSPS) is 21.1. The van der Waals surface area contributed by atoms with Crippen molar-refractivity contribution in [2.75, 3.05) is 52.5 Å². The van der Waals surface area contributed by atoms with Crippen LogP contribution in [0, 0.1) is 0 Å². The van der Waals surface area contributed by atoms with Crippen LogP contribution in [0.5, 0.6) is 0 Å². The van der Waals surface area contributed by atoms with Gasteiger partial charge in [0.1, 0.15) is 54.9 Å². The Bertz CT molecular complexity index is 3040. The minimum absolute atomic E-state index is 0.0314. The first-order valence-corrected chi connectivity index (χ1v) is 31.5. The molecule has 90 heavy (non-hydrogen) atoms. The van der Waals surface area contributed by atoms with Gasteiger partial charge in [-0.3, -0.25) is 9.59 Å². The zero-order valence-corrected chi connectivity index (χ0v) is 52.8. The van der Waals surface area contributed by atoms with Crippen LogP contribution in [0.3, 0.4) is 0 Å². The molecule has 10 atom stereocenters. The Kier molecular flexibility index (Phi) is 31.8. The molecule has 2 amide bonds. The standard InChI is InChI=1S/C35H36O7.C33H41NO7.C4H8BrNO/c36-21-30-32(39-23-27-15-7-2-8-16-27)34(42-35(37)29-19-11-4-12-20-29)33(40-24-28-17-9-3-10-18-28)31(41-30)25-38-22-26-13-5-1-6-14-26;1-34-30(35)18-11-19-37-23-28-32(39-21-26-14-7-3-8-15-26)31(36)33(40-22-27-16-9-4-10-17-27)29(41-28)24-38-20-25-12-5-2-6-13-25;1-6-4(7)2-3-5/h1-20,30-34,36H,21-25H2;2-10,12-17,28-29,31-33,36H,11,18-24H2,1H3,(H,34,35);2-3H2,1H3,(H,6,7)/t30-,31+,32-,33+,34+;28-,29+,31+,32-,33+;/m00./s1. The lowest BCUT2D eigenvalue weighted by Crippen LogP contribution is -2.62. The summed E-state index contributed by atoms with van der Waals surface area (Å²) in [6.45, 7) is 2.55. The lowest BCUT2D eigenvalue weighted by Gasteiger charge is -2.45. The lowest BCUT2D eigenvalue weighted by molar-refractivity contribution is -0.267. The number of carbonyl (C=O) groups is 3. The van der Waals surface area contributed by atoms with Crippen LogP contribution in [0.4, 0.5) is 0 Å². The van der Waals surface area contributed by atoms with E-state index in [2.05, 4.69) is 26.6 Å². The second-order valence-corrected chi connectivity index (χ2v) is 22.1. The molecular weight excluding hydrogens is 1210 g/mol. The number of hydrogen-bond acceptors (Lipinski definition) is 15. The van der Waals surface area contributed by atoms with Crippen molar-refractivity contribution in [1.82, 2.24) is 10.6 Å². The minimum Gasteiger partial charge on any atom is -0.453 e. The second-order valence-electron chi connectivity index (χ2n) is 21.3. The van der Waals surface area contributed by atoms with Crippen molar-refractivity contribution >= 4 is 33.7 Å². The average Bonchev–Trinajstić information content (AvgIpc) is 0.845. The molecule has 2 fully saturated rings. The highest BCUT2D eigenvalue weighted by Gasteiger charge is 2.50. The summed E-state index contributed by atoms with van der Waals surface area (Å²) in [5, 5.41) is 27.9. The summed E-state index contributed by atoms with van der Waals surface area (Å²) in [6, 6.07) is 67.6. The third-order valence-corrected chi connectivity index (χ3v) is 15.1. The predicted molar refractivity (Wildman–Crippen MR) is 345 cm³/mol. The third-order valence-electron chi connectivity index (χ3n) is 14.7. The highest BCUT2D eigenvalue weighted by molar-refractivity contribution is 9.09. The molecular formula is C72H85BrN2O15. The number of benzene rings is 7. The maximum Gasteiger partial charge on any atom is 0.338 e. The smallest absolute Gasteiger partial charge is 0.338 e. The van der Waals surface area contributed by atoms with Crippen LogP contribution in [0.15, 0.2) is 212 Å². The molecule has 0 aromatic heterocycles. The van der Waals surface area contributed by atoms with E-state index in [1.165, 1.54) is 0 Å². The number of aliphatic hydroxyl groups excluding tert-OH is 2. The van der Waals surface area contributed by atoms with Crippen molar-refractivity contribution in [2.45, 2.75) is 120 Å². The van der Waals surface area contributed by atoms with Crippen molar-refractivity contribution in [3.8, 4) is 0 Å². The molecule has 480 valence electrons. The highest BCUT2D eigenvalue weighted by Crippen LogP contribution is 2.32. The first-order chi connectivity index (χ1) is 44.2. The summed E-state index contributed by atoms with van der Waals surface area (Å²) in [7, 11) is 3.25. The van der Waals surface area contributed by atoms with E-state index in [4.69, 9.17) is 47.4 Å². The number of aliphatic hydroxyl groups is 2. The van der Waals surface area contributed by atoms with Crippen molar-refractivity contribution in [2.24, 2.45) is 0 Å². The van der Waals surface area contributed by atoms with Crippen molar-refractivity contribution in [3.63, 3.8) is 0 Å². The number of amides is 2. The number of nitrogens with one attached hydrogen (secondary N) is 2. The fourth-order valence-corrected chi connectivity index (χ4v) is 10.3. The summed E-state index contributed by atoms with van der Waals surface area (Å²) in [5.41, 5.74) is 6.35. The van der Waals surface area contributed by atoms with Crippen LogP contribution in [-0.4, -0.2) is 141 Å². The molecule has 9 rings (SSSR count). The molecule has 2 saturated heterocycles. The monoisotopic (exact) mass is 1300 g/mol. The third kappa shape index (κ3) is 24.3. The van der Waals surface area contributed by atoms with Crippen LogP contribution in [-0.2, 0) is 96.6 Å². The number of halogens is 1. The molecule has 2 aliphatic heterocycles. The maximum atomic E-state index is 13.4. The maximum absolute atomic E-state index is 13.4. The molecule has 7 aromatic rings. The summed E-state index contributed by atoms with van der Waals surface area (Å²) >= 11 is 3.13. The minimum atomic E-state index is -0.985. The quantitative estimate of drug-likeness (QED) is 0.0181. The van der Waals surface area contributed by atoms with Crippen molar-refractivity contribution in [1.29, 1.82) is 0 Å². The molecule has 2 heterocycles. The Morgan fingerprint density at radius 1 is 0.422 bits per heavy atom. The van der Waals surface area contributed by atoms with Crippen LogP contribution in [0.25, 0.3) is 0 Å². The van der Waals surface area contributed by atoms with Crippen molar-refractivity contribution < 1.29 is 72.0 Å². The first kappa shape index (κ1) is 70.4. The Balaban J connectivity index is 0.000000231. The summed E-state index contributed by atoms with van der Waals surface area (Å²) < 4.78 is 62.4.